The third-order valence-corrected chi connectivity index (χ3v) is 5.80. The van der Waals surface area contributed by atoms with Crippen LogP contribution in [0, 0.1) is 0 Å². The van der Waals surface area contributed by atoms with E-state index in [-0.39, 0.29) is 11.7 Å². The SMILES string of the molecule is COc1ccc(-c2nnc(SCC(=O)Nc3cc(Cl)ccc3N3CCCC3)o2)cc1. The Balaban J connectivity index is 1.37. The van der Waals surface area contributed by atoms with Crippen molar-refractivity contribution >= 4 is 40.6 Å². The van der Waals surface area contributed by atoms with Crippen LogP contribution in [-0.4, -0.2) is 42.1 Å². The third kappa shape index (κ3) is 4.88. The van der Waals surface area contributed by atoms with E-state index in [4.69, 9.17) is 20.8 Å². The zero-order valence-electron chi connectivity index (χ0n) is 16.4. The number of thioether (sulfide) groups is 1. The van der Waals surface area contributed by atoms with Crippen molar-refractivity contribution in [2.45, 2.75) is 18.1 Å². The lowest BCUT2D eigenvalue weighted by atomic mass is 10.2. The van der Waals surface area contributed by atoms with E-state index in [9.17, 15) is 4.79 Å². The summed E-state index contributed by atoms with van der Waals surface area (Å²) in [6.45, 7) is 1.96. The number of methoxy groups -OCH3 is 1. The predicted octanol–water partition coefficient (Wildman–Crippen LogP) is 4.73. The van der Waals surface area contributed by atoms with Gasteiger partial charge in [-0.1, -0.05) is 23.4 Å². The second kappa shape index (κ2) is 9.40. The van der Waals surface area contributed by atoms with E-state index in [1.807, 2.05) is 36.4 Å². The average Bonchev–Trinajstić information content (AvgIpc) is 3.45. The van der Waals surface area contributed by atoms with Crippen LogP contribution in [0.25, 0.3) is 11.5 Å². The highest BCUT2D eigenvalue weighted by Crippen LogP contribution is 2.32. The fraction of sp³-hybridized carbons (Fsp3) is 0.286. The van der Waals surface area contributed by atoms with Crippen molar-refractivity contribution in [3.05, 3.63) is 47.5 Å². The van der Waals surface area contributed by atoms with Crippen molar-refractivity contribution in [2.75, 3.05) is 36.2 Å². The molecule has 1 aromatic heterocycles. The van der Waals surface area contributed by atoms with Crippen molar-refractivity contribution in [2.24, 2.45) is 0 Å². The van der Waals surface area contributed by atoms with Crippen LogP contribution in [0.1, 0.15) is 12.8 Å². The second-order valence-corrected chi connectivity index (χ2v) is 8.16. The third-order valence-electron chi connectivity index (χ3n) is 4.75. The van der Waals surface area contributed by atoms with Gasteiger partial charge < -0.3 is 19.4 Å². The number of anilines is 2. The molecule has 156 valence electrons. The molecule has 0 aliphatic carbocycles. The van der Waals surface area contributed by atoms with E-state index in [0.717, 1.165) is 48.6 Å². The molecule has 0 radical (unpaired) electrons. The van der Waals surface area contributed by atoms with E-state index in [1.54, 1.807) is 13.2 Å². The number of amides is 1. The van der Waals surface area contributed by atoms with E-state index < -0.39 is 0 Å². The molecular weight excluding hydrogens is 424 g/mol. The topological polar surface area (TPSA) is 80.5 Å². The van der Waals surface area contributed by atoms with E-state index in [0.29, 0.717) is 16.1 Å². The fourth-order valence-electron chi connectivity index (χ4n) is 3.27. The van der Waals surface area contributed by atoms with Gasteiger partial charge in [0.1, 0.15) is 5.75 Å². The van der Waals surface area contributed by atoms with Gasteiger partial charge >= 0.3 is 0 Å². The molecule has 1 aliphatic heterocycles. The zero-order chi connectivity index (χ0) is 20.9. The van der Waals surface area contributed by atoms with Gasteiger partial charge in [-0.2, -0.15) is 0 Å². The molecule has 4 rings (SSSR count). The van der Waals surface area contributed by atoms with Gasteiger partial charge in [0.05, 0.1) is 24.2 Å². The molecule has 30 heavy (non-hydrogen) atoms. The number of rotatable bonds is 7. The first kappa shape index (κ1) is 20.6. The first-order valence-corrected chi connectivity index (χ1v) is 10.9. The van der Waals surface area contributed by atoms with Gasteiger partial charge in [-0.25, -0.2) is 0 Å². The summed E-state index contributed by atoms with van der Waals surface area (Å²) in [6.07, 6.45) is 2.30. The Morgan fingerprint density at radius 2 is 1.97 bits per heavy atom. The summed E-state index contributed by atoms with van der Waals surface area (Å²) in [7, 11) is 1.61. The number of benzene rings is 2. The molecule has 1 fully saturated rings. The highest BCUT2D eigenvalue weighted by molar-refractivity contribution is 7.99. The Morgan fingerprint density at radius 3 is 2.70 bits per heavy atom. The standard InChI is InChI=1S/C21H21ClN4O3S/c1-28-16-7-4-14(5-8-16)20-24-25-21(29-20)30-13-19(27)23-17-12-15(22)6-9-18(17)26-10-2-3-11-26/h4-9,12H,2-3,10-11,13H2,1H3,(H,23,27). The molecule has 1 amide bonds. The molecule has 7 nitrogen and oxygen atoms in total. The van der Waals surface area contributed by atoms with Crippen LogP contribution >= 0.6 is 23.4 Å². The minimum Gasteiger partial charge on any atom is -0.497 e. The number of hydrogen-bond acceptors (Lipinski definition) is 7. The molecule has 1 saturated heterocycles. The number of carbonyl (C=O) groups is 1. The van der Waals surface area contributed by atoms with Crippen molar-refractivity contribution in [1.82, 2.24) is 10.2 Å². The summed E-state index contributed by atoms with van der Waals surface area (Å²) in [5, 5.41) is 11.9. The van der Waals surface area contributed by atoms with Crippen LogP contribution in [0.4, 0.5) is 11.4 Å². The summed E-state index contributed by atoms with van der Waals surface area (Å²) >= 11 is 7.33. The minimum absolute atomic E-state index is 0.149. The van der Waals surface area contributed by atoms with Gasteiger partial charge in [-0.05, 0) is 55.3 Å². The summed E-state index contributed by atoms with van der Waals surface area (Å²) in [5.41, 5.74) is 2.50. The lowest BCUT2D eigenvalue weighted by Gasteiger charge is -2.21. The maximum atomic E-state index is 12.5. The van der Waals surface area contributed by atoms with Crippen LogP contribution in [0.2, 0.25) is 5.02 Å². The number of aromatic nitrogens is 2. The molecule has 2 heterocycles. The summed E-state index contributed by atoms with van der Waals surface area (Å²) in [4.78, 5) is 14.8. The van der Waals surface area contributed by atoms with E-state index in [1.165, 1.54) is 11.8 Å². The molecule has 2 aromatic carbocycles. The number of halogens is 1. The predicted molar refractivity (Wildman–Crippen MR) is 119 cm³/mol. The van der Waals surface area contributed by atoms with Gasteiger partial charge in [0, 0.05) is 23.7 Å². The molecule has 0 saturated carbocycles. The molecule has 1 N–H and O–H groups in total. The summed E-state index contributed by atoms with van der Waals surface area (Å²) in [6, 6.07) is 12.9. The normalized spacial score (nSPS) is 13.5. The van der Waals surface area contributed by atoms with E-state index >= 15 is 0 Å². The highest BCUT2D eigenvalue weighted by Gasteiger charge is 2.18. The quantitative estimate of drug-likeness (QED) is 0.527. The largest absolute Gasteiger partial charge is 0.497 e. The smallest absolute Gasteiger partial charge is 0.277 e. The zero-order valence-corrected chi connectivity index (χ0v) is 18.0. The molecular formula is C21H21ClN4O3S. The number of nitrogens with zero attached hydrogens (tertiary/aromatic N) is 3. The lowest BCUT2D eigenvalue weighted by molar-refractivity contribution is -0.113. The molecule has 0 unspecified atom stereocenters. The number of carbonyl (C=O) groups excluding carboxylic acids is 1. The maximum Gasteiger partial charge on any atom is 0.277 e. The second-order valence-electron chi connectivity index (χ2n) is 6.79. The Labute approximate surface area is 183 Å². The minimum atomic E-state index is -0.160. The Morgan fingerprint density at radius 1 is 1.20 bits per heavy atom. The van der Waals surface area contributed by atoms with Gasteiger partial charge in [0.2, 0.25) is 11.8 Å². The average molecular weight is 445 g/mol. The molecule has 0 atom stereocenters. The first-order chi connectivity index (χ1) is 14.6. The van der Waals surface area contributed by atoms with Crippen LogP contribution in [0.3, 0.4) is 0 Å². The molecule has 0 spiro atoms. The van der Waals surface area contributed by atoms with Crippen LogP contribution < -0.4 is 15.0 Å². The Hall–Kier alpha value is -2.71. The summed E-state index contributed by atoms with van der Waals surface area (Å²) < 4.78 is 10.8. The van der Waals surface area contributed by atoms with E-state index in [2.05, 4.69) is 20.4 Å². The molecule has 9 heteroatoms. The van der Waals surface area contributed by atoms with Crippen molar-refractivity contribution in [3.8, 4) is 17.2 Å². The van der Waals surface area contributed by atoms with Gasteiger partial charge in [-0.3, -0.25) is 4.79 Å². The lowest BCUT2D eigenvalue weighted by Crippen LogP contribution is -2.21. The van der Waals surface area contributed by atoms with Crippen molar-refractivity contribution in [3.63, 3.8) is 0 Å². The van der Waals surface area contributed by atoms with Crippen molar-refractivity contribution < 1.29 is 13.9 Å². The van der Waals surface area contributed by atoms with Crippen LogP contribution in [0.15, 0.2) is 52.1 Å². The van der Waals surface area contributed by atoms with Gasteiger partial charge in [0.15, 0.2) is 0 Å². The van der Waals surface area contributed by atoms with Crippen LogP contribution in [-0.2, 0) is 4.79 Å². The fourth-order valence-corrected chi connectivity index (χ4v) is 4.01. The Kier molecular flexibility index (Phi) is 6.44. The summed E-state index contributed by atoms with van der Waals surface area (Å²) in [5.74, 6) is 1.13. The van der Waals surface area contributed by atoms with Gasteiger partial charge in [0.25, 0.3) is 5.22 Å². The van der Waals surface area contributed by atoms with Gasteiger partial charge in [-0.15, -0.1) is 10.2 Å². The number of nitrogens with one attached hydrogen (secondary N) is 1. The first-order valence-electron chi connectivity index (χ1n) is 9.57. The van der Waals surface area contributed by atoms with Crippen molar-refractivity contribution in [1.29, 1.82) is 0 Å². The Bertz CT molecular complexity index is 1020. The molecule has 1 aliphatic rings. The highest BCUT2D eigenvalue weighted by atomic mass is 35.5. The monoisotopic (exact) mass is 444 g/mol. The van der Waals surface area contributed by atoms with Crippen LogP contribution in [0.5, 0.6) is 5.75 Å². The molecule has 0 bridgehead atoms. The maximum absolute atomic E-state index is 12.5. The number of ether oxygens (including phenoxy) is 1. The molecule has 3 aromatic rings. The number of hydrogen-bond donors (Lipinski definition) is 1.